The van der Waals surface area contributed by atoms with Crippen LogP contribution >= 0.6 is 0 Å². The number of anilines is 1. The van der Waals surface area contributed by atoms with Crippen LogP contribution in [0.4, 0.5) is 5.69 Å². The molecule has 0 radical (unpaired) electrons. The molecule has 1 aromatic carbocycles. The van der Waals surface area contributed by atoms with Crippen molar-refractivity contribution >= 4 is 16.7 Å². The lowest BCUT2D eigenvalue weighted by molar-refractivity contribution is 0.562. The lowest BCUT2D eigenvalue weighted by Crippen LogP contribution is -2.05. The Labute approximate surface area is 101 Å². The summed E-state index contributed by atoms with van der Waals surface area (Å²) >= 11 is 0. The Morgan fingerprint density at radius 1 is 1.17 bits per heavy atom. The summed E-state index contributed by atoms with van der Waals surface area (Å²) in [5.41, 5.74) is 6.37. The van der Waals surface area contributed by atoms with E-state index < -0.39 is 5.63 Å². The highest BCUT2D eigenvalue weighted by atomic mass is 16.4. The number of rotatable bonds is 1. The van der Waals surface area contributed by atoms with Crippen molar-refractivity contribution in [3.63, 3.8) is 0 Å². The number of aromatic nitrogens is 3. The predicted molar refractivity (Wildman–Crippen MR) is 65.7 cm³/mol. The van der Waals surface area contributed by atoms with Crippen molar-refractivity contribution < 1.29 is 4.42 Å². The van der Waals surface area contributed by atoms with E-state index in [1.54, 1.807) is 24.3 Å². The molecule has 88 valence electrons. The summed E-state index contributed by atoms with van der Waals surface area (Å²) < 4.78 is 5.18. The predicted octanol–water partition coefficient (Wildman–Crippen LogP) is 1.23. The quantitative estimate of drug-likeness (QED) is 0.507. The van der Waals surface area contributed by atoms with Crippen molar-refractivity contribution in [2.75, 3.05) is 5.73 Å². The summed E-state index contributed by atoms with van der Waals surface area (Å²) in [5, 5.41) is 8.23. The lowest BCUT2D eigenvalue weighted by atomic mass is 10.1. The topological polar surface area (TPSA) is 94.9 Å². The Balaban J connectivity index is 2.29. The molecule has 3 aromatic rings. The molecule has 0 aliphatic carbocycles. The molecule has 0 unspecified atom stereocenters. The van der Waals surface area contributed by atoms with E-state index in [0.29, 0.717) is 11.3 Å². The fourth-order valence-corrected chi connectivity index (χ4v) is 1.65. The molecular weight excluding hydrogens is 232 g/mol. The van der Waals surface area contributed by atoms with Crippen molar-refractivity contribution in [1.29, 1.82) is 0 Å². The monoisotopic (exact) mass is 240 g/mol. The summed E-state index contributed by atoms with van der Waals surface area (Å²) in [6.45, 7) is 0. The smallest absolute Gasteiger partial charge is 0.347 e. The van der Waals surface area contributed by atoms with Crippen LogP contribution in [0.1, 0.15) is 0 Å². The number of nitrogens with two attached hydrogens (primary N) is 1. The van der Waals surface area contributed by atoms with E-state index >= 15 is 0 Å². The van der Waals surface area contributed by atoms with Crippen molar-refractivity contribution in [1.82, 2.24) is 15.2 Å². The first-order chi connectivity index (χ1) is 8.74. The van der Waals surface area contributed by atoms with Crippen LogP contribution in [0, 0.1) is 0 Å². The zero-order valence-corrected chi connectivity index (χ0v) is 9.20. The Bertz CT molecular complexity index is 768. The normalized spacial score (nSPS) is 10.7. The zero-order valence-electron chi connectivity index (χ0n) is 9.20. The van der Waals surface area contributed by atoms with Gasteiger partial charge in [-0.2, -0.15) is 5.10 Å². The number of nitrogens with zero attached hydrogens (tertiary/aromatic N) is 3. The van der Waals surface area contributed by atoms with Crippen LogP contribution in [0.15, 0.2) is 45.9 Å². The molecule has 6 nitrogen and oxygen atoms in total. The molecule has 0 fully saturated rings. The Morgan fingerprint density at radius 2 is 2.06 bits per heavy atom. The van der Waals surface area contributed by atoms with Crippen LogP contribution in [-0.4, -0.2) is 15.2 Å². The molecular formula is C12H8N4O2. The van der Waals surface area contributed by atoms with E-state index in [1.165, 1.54) is 12.4 Å². The zero-order chi connectivity index (χ0) is 12.5. The van der Waals surface area contributed by atoms with E-state index in [0.717, 1.165) is 5.39 Å². The summed E-state index contributed by atoms with van der Waals surface area (Å²) in [7, 11) is 0. The first-order valence-corrected chi connectivity index (χ1v) is 5.21. The van der Waals surface area contributed by atoms with Crippen molar-refractivity contribution in [3.8, 4) is 11.4 Å². The maximum absolute atomic E-state index is 11.8. The van der Waals surface area contributed by atoms with Crippen LogP contribution in [0.2, 0.25) is 0 Å². The lowest BCUT2D eigenvalue weighted by Gasteiger charge is -2.01. The van der Waals surface area contributed by atoms with E-state index in [1.807, 2.05) is 0 Å². The first kappa shape index (κ1) is 10.4. The van der Waals surface area contributed by atoms with Crippen molar-refractivity contribution in [2.45, 2.75) is 0 Å². The van der Waals surface area contributed by atoms with Crippen molar-refractivity contribution in [3.05, 3.63) is 47.1 Å². The number of fused-ring (bicyclic) bond motifs is 1. The van der Waals surface area contributed by atoms with Crippen molar-refractivity contribution in [2.24, 2.45) is 0 Å². The average molecular weight is 240 g/mol. The third-order valence-corrected chi connectivity index (χ3v) is 2.48. The average Bonchev–Trinajstić information content (AvgIpc) is 2.39. The fourth-order valence-electron chi connectivity index (χ4n) is 1.65. The van der Waals surface area contributed by atoms with Gasteiger partial charge >= 0.3 is 5.63 Å². The number of hydrogen-bond donors (Lipinski definition) is 1. The van der Waals surface area contributed by atoms with Gasteiger partial charge in [0.05, 0.1) is 6.20 Å². The molecule has 0 atom stereocenters. The third kappa shape index (κ3) is 1.69. The van der Waals surface area contributed by atoms with Crippen LogP contribution in [-0.2, 0) is 0 Å². The summed E-state index contributed by atoms with van der Waals surface area (Å²) in [6, 6.07) is 6.77. The molecule has 0 saturated carbocycles. The molecule has 6 heteroatoms. The molecule has 2 N–H and O–H groups in total. The molecule has 0 bridgehead atoms. The summed E-state index contributed by atoms with van der Waals surface area (Å²) in [6.07, 6.45) is 2.90. The Kier molecular flexibility index (Phi) is 2.26. The Morgan fingerprint density at radius 3 is 2.83 bits per heavy atom. The van der Waals surface area contributed by atoms with Gasteiger partial charge in [0.15, 0.2) is 5.82 Å². The largest absolute Gasteiger partial charge is 0.422 e. The van der Waals surface area contributed by atoms with E-state index in [4.69, 9.17) is 10.2 Å². The molecule has 0 saturated heterocycles. The molecule has 3 rings (SSSR count). The molecule has 0 aliphatic rings. The maximum atomic E-state index is 11.8. The number of nitrogen functional groups attached to an aromatic ring is 1. The van der Waals surface area contributed by atoms with Gasteiger partial charge in [-0.05, 0) is 18.2 Å². The minimum atomic E-state index is -0.513. The minimum absolute atomic E-state index is 0.241. The summed E-state index contributed by atoms with van der Waals surface area (Å²) in [5.74, 6) is 0.241. The molecule has 18 heavy (non-hydrogen) atoms. The van der Waals surface area contributed by atoms with Gasteiger partial charge in [-0.25, -0.2) is 9.78 Å². The third-order valence-electron chi connectivity index (χ3n) is 2.48. The molecule has 2 heterocycles. The molecule has 2 aromatic heterocycles. The van der Waals surface area contributed by atoms with Gasteiger partial charge in [0.1, 0.15) is 11.1 Å². The van der Waals surface area contributed by atoms with Gasteiger partial charge in [0.2, 0.25) is 0 Å². The highest BCUT2D eigenvalue weighted by Gasteiger charge is 2.10. The van der Waals surface area contributed by atoms with Gasteiger partial charge in [0.25, 0.3) is 0 Å². The minimum Gasteiger partial charge on any atom is -0.422 e. The van der Waals surface area contributed by atoms with Crippen LogP contribution < -0.4 is 11.4 Å². The Hall–Kier alpha value is -2.76. The fraction of sp³-hybridized carbons (Fsp3) is 0. The van der Waals surface area contributed by atoms with Gasteiger partial charge < -0.3 is 10.2 Å². The van der Waals surface area contributed by atoms with Crippen LogP contribution in [0.25, 0.3) is 22.4 Å². The number of hydrogen-bond acceptors (Lipinski definition) is 6. The molecule has 0 spiro atoms. The van der Waals surface area contributed by atoms with Gasteiger partial charge in [-0.15, -0.1) is 5.10 Å². The van der Waals surface area contributed by atoms with Crippen LogP contribution in [0.3, 0.4) is 0 Å². The second-order valence-corrected chi connectivity index (χ2v) is 3.71. The summed E-state index contributed by atoms with van der Waals surface area (Å²) in [4.78, 5) is 15.8. The van der Waals surface area contributed by atoms with Gasteiger partial charge in [0, 0.05) is 23.3 Å². The second-order valence-electron chi connectivity index (χ2n) is 3.71. The first-order valence-electron chi connectivity index (χ1n) is 5.21. The second kappa shape index (κ2) is 3.92. The standard InChI is InChI=1S/C12H8N4O2/c13-8-2-1-7-5-9(11-14-3-4-15-16-11)12(17)18-10(7)6-8/h1-6H,13H2. The van der Waals surface area contributed by atoms with Gasteiger partial charge in [-0.3, -0.25) is 0 Å². The maximum Gasteiger partial charge on any atom is 0.347 e. The van der Waals surface area contributed by atoms with Crippen LogP contribution in [0.5, 0.6) is 0 Å². The van der Waals surface area contributed by atoms with Gasteiger partial charge in [-0.1, -0.05) is 0 Å². The van der Waals surface area contributed by atoms with E-state index in [-0.39, 0.29) is 11.4 Å². The van der Waals surface area contributed by atoms with E-state index in [2.05, 4.69) is 15.2 Å². The number of benzene rings is 1. The molecule has 0 amide bonds. The molecule has 0 aliphatic heterocycles. The van der Waals surface area contributed by atoms with E-state index in [9.17, 15) is 4.79 Å². The highest BCUT2D eigenvalue weighted by Crippen LogP contribution is 2.19. The highest BCUT2D eigenvalue weighted by molar-refractivity contribution is 5.82. The SMILES string of the molecule is Nc1ccc2cc(-c3nccnn3)c(=O)oc2c1.